The molecule has 0 fully saturated rings. The van der Waals surface area contributed by atoms with E-state index in [4.69, 9.17) is 0 Å². The summed E-state index contributed by atoms with van der Waals surface area (Å²) in [6.07, 6.45) is 1.96. The molecule has 0 unspecified atom stereocenters. The molecular formula is C10H14N2O2S. The van der Waals surface area contributed by atoms with Crippen molar-refractivity contribution < 1.29 is 4.92 Å². The van der Waals surface area contributed by atoms with Gasteiger partial charge in [0.25, 0.3) is 0 Å². The molecule has 1 rings (SSSR count). The van der Waals surface area contributed by atoms with Crippen LogP contribution in [0.5, 0.6) is 0 Å². The molecule has 5 heteroatoms. The molecule has 82 valence electrons. The van der Waals surface area contributed by atoms with Gasteiger partial charge in [-0.05, 0) is 19.0 Å². The van der Waals surface area contributed by atoms with Crippen LogP contribution in [0.3, 0.4) is 0 Å². The number of nitrogens with one attached hydrogen (secondary N) is 1. The molecule has 0 amide bonds. The first-order valence-corrected chi connectivity index (χ1v) is 5.62. The Morgan fingerprint density at radius 3 is 3.00 bits per heavy atom. The fourth-order valence-corrected chi connectivity index (χ4v) is 1.85. The second kappa shape index (κ2) is 5.63. The summed E-state index contributed by atoms with van der Waals surface area (Å²) in [5.41, 5.74) is 2.08. The van der Waals surface area contributed by atoms with Gasteiger partial charge in [0, 0.05) is 18.0 Å². The second-order valence-electron chi connectivity index (χ2n) is 3.25. The molecular weight excluding hydrogens is 212 g/mol. The predicted molar refractivity (Wildman–Crippen MR) is 63.2 cm³/mol. The summed E-state index contributed by atoms with van der Waals surface area (Å²) >= 11 is 1.16. The molecule has 15 heavy (non-hydrogen) atoms. The number of likely N-dealkylation sites (N-methyl/N-ethyl adjacent to an activating group) is 1. The monoisotopic (exact) mass is 226 g/mol. The van der Waals surface area contributed by atoms with E-state index in [0.29, 0.717) is 0 Å². The van der Waals surface area contributed by atoms with Crippen LogP contribution < -0.4 is 5.32 Å². The van der Waals surface area contributed by atoms with Crippen LogP contribution in [0.1, 0.15) is 19.4 Å². The van der Waals surface area contributed by atoms with Crippen LogP contribution in [0.25, 0.3) is 6.08 Å². The molecule has 0 atom stereocenters. The molecule has 1 aromatic rings. The van der Waals surface area contributed by atoms with E-state index in [9.17, 15) is 10.1 Å². The van der Waals surface area contributed by atoms with Crippen molar-refractivity contribution in [3.63, 3.8) is 0 Å². The lowest BCUT2D eigenvalue weighted by Gasteiger charge is -2.00. The molecule has 0 saturated heterocycles. The van der Waals surface area contributed by atoms with E-state index in [0.717, 1.165) is 30.0 Å². The van der Waals surface area contributed by atoms with Gasteiger partial charge in [-0.1, -0.05) is 29.9 Å². The van der Waals surface area contributed by atoms with Crippen LogP contribution in [-0.2, 0) is 0 Å². The topological polar surface area (TPSA) is 55.2 Å². The van der Waals surface area contributed by atoms with E-state index >= 15 is 0 Å². The smallest absolute Gasteiger partial charge is 0.313 e. The first kappa shape index (κ1) is 11.9. The molecule has 0 saturated carbocycles. The Morgan fingerprint density at radius 2 is 2.47 bits per heavy atom. The molecule has 0 radical (unpaired) electrons. The lowest BCUT2D eigenvalue weighted by Crippen LogP contribution is -2.14. The van der Waals surface area contributed by atoms with Gasteiger partial charge < -0.3 is 5.32 Å². The molecule has 0 aliphatic rings. The van der Waals surface area contributed by atoms with Crippen LogP contribution in [0.15, 0.2) is 17.0 Å². The van der Waals surface area contributed by atoms with E-state index in [1.165, 1.54) is 5.57 Å². The van der Waals surface area contributed by atoms with Crippen molar-refractivity contribution >= 4 is 22.4 Å². The van der Waals surface area contributed by atoms with Gasteiger partial charge in [0.15, 0.2) is 0 Å². The van der Waals surface area contributed by atoms with Crippen molar-refractivity contribution in [1.82, 2.24) is 5.32 Å². The van der Waals surface area contributed by atoms with Crippen LogP contribution in [0.4, 0.5) is 5.00 Å². The van der Waals surface area contributed by atoms with Gasteiger partial charge in [-0.3, -0.25) is 10.1 Å². The number of hydrogen-bond donors (Lipinski definition) is 1. The molecule has 1 aromatic heterocycles. The standard InChI is InChI=1S/C10H14N2O2S/c1-3-11-6-8(2)4-9-5-10(12(13)14)15-7-9/h4-5,7,11H,3,6H2,1-2H3. The summed E-state index contributed by atoms with van der Waals surface area (Å²) < 4.78 is 0. The predicted octanol–water partition coefficient (Wildman–Crippen LogP) is 2.67. The Kier molecular flexibility index (Phi) is 4.45. The molecule has 0 bridgehead atoms. The van der Waals surface area contributed by atoms with Crippen LogP contribution >= 0.6 is 11.3 Å². The lowest BCUT2D eigenvalue weighted by atomic mass is 10.2. The first-order chi connectivity index (χ1) is 7.13. The highest BCUT2D eigenvalue weighted by Gasteiger charge is 2.07. The Labute approximate surface area is 92.8 Å². The Balaban J connectivity index is 2.66. The summed E-state index contributed by atoms with van der Waals surface area (Å²) in [5.74, 6) is 0. The minimum Gasteiger partial charge on any atom is -0.313 e. The Bertz CT molecular complexity index is 371. The van der Waals surface area contributed by atoms with E-state index in [1.807, 2.05) is 19.9 Å². The summed E-state index contributed by atoms with van der Waals surface area (Å²) in [7, 11) is 0. The van der Waals surface area contributed by atoms with E-state index in [-0.39, 0.29) is 9.92 Å². The third-order valence-corrected chi connectivity index (χ3v) is 2.75. The van der Waals surface area contributed by atoms with Gasteiger partial charge >= 0.3 is 5.00 Å². The fourth-order valence-electron chi connectivity index (χ4n) is 1.17. The highest BCUT2D eigenvalue weighted by molar-refractivity contribution is 7.13. The Morgan fingerprint density at radius 1 is 1.73 bits per heavy atom. The summed E-state index contributed by atoms with van der Waals surface area (Å²) in [6.45, 7) is 5.80. The maximum atomic E-state index is 10.5. The average molecular weight is 226 g/mol. The second-order valence-corrected chi connectivity index (χ2v) is 4.14. The highest BCUT2D eigenvalue weighted by atomic mass is 32.1. The lowest BCUT2D eigenvalue weighted by molar-refractivity contribution is -0.380. The van der Waals surface area contributed by atoms with Crippen LogP contribution in [-0.4, -0.2) is 18.0 Å². The average Bonchev–Trinajstić information content (AvgIpc) is 2.63. The molecule has 1 N–H and O–H groups in total. The molecule has 0 aromatic carbocycles. The maximum Gasteiger partial charge on any atom is 0.324 e. The number of nitrogens with zero attached hydrogens (tertiary/aromatic N) is 1. The number of hydrogen-bond acceptors (Lipinski definition) is 4. The van der Waals surface area contributed by atoms with Gasteiger partial charge in [0.2, 0.25) is 0 Å². The van der Waals surface area contributed by atoms with Gasteiger partial charge in [-0.25, -0.2) is 0 Å². The fraction of sp³-hybridized carbons (Fsp3) is 0.400. The molecule has 0 aliphatic heterocycles. The SMILES string of the molecule is CCNCC(C)=Cc1csc([N+](=O)[O-])c1. The zero-order valence-electron chi connectivity index (χ0n) is 8.82. The van der Waals surface area contributed by atoms with E-state index < -0.39 is 0 Å². The van der Waals surface area contributed by atoms with Crippen molar-refractivity contribution in [3.05, 3.63) is 32.7 Å². The molecule has 0 aliphatic carbocycles. The number of nitro groups is 1. The molecule has 0 spiro atoms. The van der Waals surface area contributed by atoms with Gasteiger partial charge in [-0.15, -0.1) is 0 Å². The third-order valence-electron chi connectivity index (χ3n) is 1.85. The molecule has 4 nitrogen and oxygen atoms in total. The highest BCUT2D eigenvalue weighted by Crippen LogP contribution is 2.23. The molecule has 1 heterocycles. The van der Waals surface area contributed by atoms with Crippen LogP contribution in [0.2, 0.25) is 0 Å². The Hall–Kier alpha value is -1.20. The van der Waals surface area contributed by atoms with E-state index in [1.54, 1.807) is 11.4 Å². The minimum atomic E-state index is -0.359. The summed E-state index contributed by atoms with van der Waals surface area (Å²) in [4.78, 5) is 10.1. The van der Waals surface area contributed by atoms with Crippen molar-refractivity contribution in [3.8, 4) is 0 Å². The van der Waals surface area contributed by atoms with Gasteiger partial charge in [0.05, 0.1) is 4.92 Å². The van der Waals surface area contributed by atoms with Crippen molar-refractivity contribution in [1.29, 1.82) is 0 Å². The first-order valence-electron chi connectivity index (χ1n) is 4.74. The van der Waals surface area contributed by atoms with Gasteiger partial charge in [-0.2, -0.15) is 0 Å². The number of rotatable bonds is 5. The zero-order valence-corrected chi connectivity index (χ0v) is 9.63. The summed E-state index contributed by atoms with van der Waals surface area (Å²) in [6, 6.07) is 1.60. The van der Waals surface area contributed by atoms with Crippen molar-refractivity contribution in [2.45, 2.75) is 13.8 Å². The minimum absolute atomic E-state index is 0.192. The summed E-state index contributed by atoms with van der Waals surface area (Å²) in [5, 5.41) is 15.6. The van der Waals surface area contributed by atoms with Gasteiger partial charge in [0.1, 0.15) is 0 Å². The van der Waals surface area contributed by atoms with Crippen molar-refractivity contribution in [2.75, 3.05) is 13.1 Å². The van der Waals surface area contributed by atoms with Crippen molar-refractivity contribution in [2.24, 2.45) is 0 Å². The van der Waals surface area contributed by atoms with E-state index in [2.05, 4.69) is 5.32 Å². The zero-order chi connectivity index (χ0) is 11.3. The normalized spacial score (nSPS) is 11.7. The largest absolute Gasteiger partial charge is 0.324 e. The number of thiophene rings is 1. The third kappa shape index (κ3) is 3.81. The van der Waals surface area contributed by atoms with Crippen LogP contribution in [0, 0.1) is 10.1 Å². The quantitative estimate of drug-likeness (QED) is 0.620. The maximum absolute atomic E-state index is 10.5.